The van der Waals surface area contributed by atoms with Gasteiger partial charge in [0.2, 0.25) is 11.8 Å². The highest BCUT2D eigenvalue weighted by atomic mass is 35.5. The van der Waals surface area contributed by atoms with E-state index in [1.54, 1.807) is 0 Å². The molecule has 0 spiro atoms. The van der Waals surface area contributed by atoms with Crippen molar-refractivity contribution in [2.24, 2.45) is 5.92 Å². The van der Waals surface area contributed by atoms with E-state index >= 15 is 0 Å². The zero-order chi connectivity index (χ0) is 15.5. The molecule has 2 fully saturated rings. The number of carbonyl (C=O) groups is 1. The Morgan fingerprint density at radius 2 is 1.96 bits per heavy atom. The summed E-state index contributed by atoms with van der Waals surface area (Å²) in [6.45, 7) is 8.57. The lowest BCUT2D eigenvalue weighted by atomic mass is 10.2. The van der Waals surface area contributed by atoms with Crippen molar-refractivity contribution >= 4 is 30.7 Å². The molecule has 9 heteroatoms. The number of nitrogens with zero attached hydrogens (tertiary/aromatic N) is 4. The van der Waals surface area contributed by atoms with Crippen LogP contribution in [-0.4, -0.2) is 65.1 Å². The fraction of sp³-hybridized carbons (Fsp3) is 0.800. The highest BCUT2D eigenvalue weighted by molar-refractivity contribution is 5.85. The Kier molecular flexibility index (Phi) is 8.42. The van der Waals surface area contributed by atoms with Gasteiger partial charge in [-0.3, -0.25) is 9.69 Å². The molecule has 1 N–H and O–H groups in total. The highest BCUT2D eigenvalue weighted by Gasteiger charge is 2.27. The smallest absolute Gasteiger partial charge is 0.243 e. The number of nitrogens with one attached hydrogen (secondary N) is 1. The number of hydrogen-bond donors (Lipinski definition) is 1. The Hall–Kier alpha value is -0.890. The second-order valence-corrected chi connectivity index (χ2v) is 6.35. The van der Waals surface area contributed by atoms with Crippen LogP contribution in [0.5, 0.6) is 0 Å². The summed E-state index contributed by atoms with van der Waals surface area (Å²) in [7, 11) is 0. The first-order valence-electron chi connectivity index (χ1n) is 8.16. The average Bonchev–Trinajstić information content (AvgIpc) is 3.25. The molecule has 1 aliphatic heterocycles. The maximum absolute atomic E-state index is 12.2. The molecule has 1 saturated carbocycles. The number of aromatic nitrogens is 2. The predicted molar refractivity (Wildman–Crippen MR) is 95.7 cm³/mol. The van der Waals surface area contributed by atoms with Crippen molar-refractivity contribution in [2.75, 3.05) is 39.3 Å². The maximum Gasteiger partial charge on any atom is 0.243 e. The number of carbonyl (C=O) groups excluding carboxylic acids is 1. The van der Waals surface area contributed by atoms with Crippen molar-refractivity contribution in [3.63, 3.8) is 0 Å². The van der Waals surface area contributed by atoms with Crippen molar-refractivity contribution < 1.29 is 9.32 Å². The molecule has 138 valence electrons. The summed E-state index contributed by atoms with van der Waals surface area (Å²) >= 11 is 0. The van der Waals surface area contributed by atoms with E-state index in [1.165, 1.54) is 12.8 Å². The molecule has 7 nitrogen and oxygen atoms in total. The van der Waals surface area contributed by atoms with Gasteiger partial charge in [0.1, 0.15) is 0 Å². The van der Waals surface area contributed by atoms with Crippen LogP contribution in [0.25, 0.3) is 0 Å². The molecule has 2 heterocycles. The molecule has 1 saturated heterocycles. The third-order valence-corrected chi connectivity index (χ3v) is 4.52. The summed E-state index contributed by atoms with van der Waals surface area (Å²) in [5, 5.41) is 7.11. The molecule has 1 aromatic rings. The molecule has 1 aromatic heterocycles. The van der Waals surface area contributed by atoms with Crippen LogP contribution >= 0.6 is 24.8 Å². The first-order valence-corrected chi connectivity index (χ1v) is 8.16. The summed E-state index contributed by atoms with van der Waals surface area (Å²) in [4.78, 5) is 20.7. The fourth-order valence-electron chi connectivity index (χ4n) is 2.81. The number of piperazine rings is 1. The number of rotatable bonds is 6. The summed E-state index contributed by atoms with van der Waals surface area (Å²) in [6.07, 6.45) is 2.62. The number of hydrogen-bond acceptors (Lipinski definition) is 6. The van der Waals surface area contributed by atoms with Gasteiger partial charge in [0.15, 0.2) is 5.82 Å². The molecular formula is C15H27Cl2N5O2. The Bertz CT molecular complexity index is 516. The first kappa shape index (κ1) is 21.2. The van der Waals surface area contributed by atoms with E-state index in [0.717, 1.165) is 38.6 Å². The van der Waals surface area contributed by atoms with Gasteiger partial charge in [-0.05, 0) is 39.2 Å². The minimum absolute atomic E-state index is 0. The summed E-state index contributed by atoms with van der Waals surface area (Å²) in [5.41, 5.74) is 0. The Labute approximate surface area is 155 Å². The molecule has 1 atom stereocenters. The van der Waals surface area contributed by atoms with E-state index in [-0.39, 0.29) is 36.8 Å². The van der Waals surface area contributed by atoms with Crippen molar-refractivity contribution in [3.05, 3.63) is 11.7 Å². The van der Waals surface area contributed by atoms with Crippen LogP contribution < -0.4 is 5.32 Å². The third kappa shape index (κ3) is 5.58. The fourth-order valence-corrected chi connectivity index (χ4v) is 2.81. The van der Waals surface area contributed by atoms with E-state index in [2.05, 4.69) is 27.3 Å². The van der Waals surface area contributed by atoms with Gasteiger partial charge < -0.3 is 14.7 Å². The van der Waals surface area contributed by atoms with Gasteiger partial charge in [0, 0.05) is 26.2 Å². The number of aryl methyl sites for hydroxylation is 1. The Balaban J connectivity index is 0.00000144. The van der Waals surface area contributed by atoms with Crippen LogP contribution in [0.4, 0.5) is 0 Å². The molecule has 24 heavy (non-hydrogen) atoms. The Morgan fingerprint density at radius 1 is 1.29 bits per heavy atom. The van der Waals surface area contributed by atoms with Crippen LogP contribution in [0.2, 0.25) is 0 Å². The SMILES string of the molecule is Cc1noc(C(C)N2CCN(C(=O)CNCC3CC3)CC2)n1.Cl.Cl. The molecule has 1 amide bonds. The standard InChI is InChI=1S/C15H25N5O2.2ClH/c1-11(15-17-12(2)18-22-15)19-5-7-20(8-6-19)14(21)10-16-9-13-3-4-13;;/h11,13,16H,3-10H2,1-2H3;2*1H. The maximum atomic E-state index is 12.2. The van der Waals surface area contributed by atoms with Crippen LogP contribution in [-0.2, 0) is 4.79 Å². The van der Waals surface area contributed by atoms with Crippen molar-refractivity contribution in [1.82, 2.24) is 25.3 Å². The largest absolute Gasteiger partial charge is 0.339 e. The monoisotopic (exact) mass is 379 g/mol. The normalized spacial score (nSPS) is 19.3. The first-order chi connectivity index (χ1) is 10.6. The van der Waals surface area contributed by atoms with E-state index in [0.29, 0.717) is 18.3 Å². The second-order valence-electron chi connectivity index (χ2n) is 6.35. The zero-order valence-corrected chi connectivity index (χ0v) is 15.9. The topological polar surface area (TPSA) is 74.5 Å². The quantitative estimate of drug-likeness (QED) is 0.805. The summed E-state index contributed by atoms with van der Waals surface area (Å²) in [5.74, 6) is 2.34. The molecule has 0 aromatic carbocycles. The number of amides is 1. The van der Waals surface area contributed by atoms with E-state index in [9.17, 15) is 4.79 Å². The van der Waals surface area contributed by atoms with Gasteiger partial charge in [0.05, 0.1) is 12.6 Å². The molecule has 0 radical (unpaired) electrons. The van der Waals surface area contributed by atoms with Crippen LogP contribution in [0.15, 0.2) is 4.52 Å². The van der Waals surface area contributed by atoms with Gasteiger partial charge in [-0.15, -0.1) is 24.8 Å². The zero-order valence-electron chi connectivity index (χ0n) is 14.2. The molecular weight excluding hydrogens is 353 g/mol. The summed E-state index contributed by atoms with van der Waals surface area (Å²) in [6, 6.07) is 0.103. The lowest BCUT2D eigenvalue weighted by Gasteiger charge is -2.36. The van der Waals surface area contributed by atoms with Crippen molar-refractivity contribution in [2.45, 2.75) is 32.7 Å². The van der Waals surface area contributed by atoms with Crippen molar-refractivity contribution in [1.29, 1.82) is 0 Å². The Morgan fingerprint density at radius 3 is 2.50 bits per heavy atom. The lowest BCUT2D eigenvalue weighted by Crippen LogP contribution is -2.51. The van der Waals surface area contributed by atoms with E-state index < -0.39 is 0 Å². The number of halogens is 2. The molecule has 3 rings (SSSR count). The molecule has 2 aliphatic rings. The van der Waals surface area contributed by atoms with Crippen LogP contribution in [0.1, 0.15) is 37.5 Å². The van der Waals surface area contributed by atoms with Gasteiger partial charge in [-0.2, -0.15) is 4.98 Å². The average molecular weight is 380 g/mol. The minimum Gasteiger partial charge on any atom is -0.339 e. The summed E-state index contributed by atoms with van der Waals surface area (Å²) < 4.78 is 5.24. The van der Waals surface area contributed by atoms with E-state index in [4.69, 9.17) is 4.52 Å². The van der Waals surface area contributed by atoms with Crippen molar-refractivity contribution in [3.8, 4) is 0 Å². The van der Waals surface area contributed by atoms with Crippen LogP contribution in [0.3, 0.4) is 0 Å². The van der Waals surface area contributed by atoms with Gasteiger partial charge >= 0.3 is 0 Å². The molecule has 1 unspecified atom stereocenters. The minimum atomic E-state index is 0. The van der Waals surface area contributed by atoms with Gasteiger partial charge in [-0.1, -0.05) is 5.16 Å². The van der Waals surface area contributed by atoms with Gasteiger partial charge in [-0.25, -0.2) is 0 Å². The highest BCUT2D eigenvalue weighted by Crippen LogP contribution is 2.27. The molecule has 1 aliphatic carbocycles. The predicted octanol–water partition coefficient (Wildman–Crippen LogP) is 1.43. The lowest BCUT2D eigenvalue weighted by molar-refractivity contribution is -0.132. The third-order valence-electron chi connectivity index (χ3n) is 4.52. The van der Waals surface area contributed by atoms with E-state index in [1.807, 2.05) is 11.8 Å². The second kappa shape index (κ2) is 9.56. The van der Waals surface area contributed by atoms with Gasteiger partial charge in [0.25, 0.3) is 0 Å². The van der Waals surface area contributed by atoms with Crippen LogP contribution in [0, 0.1) is 12.8 Å². The molecule has 0 bridgehead atoms.